The molecule has 0 fully saturated rings. The largest absolute Gasteiger partial charge is 0.361 e. The zero-order valence-electron chi connectivity index (χ0n) is 9.07. The number of aromatic nitrogens is 1. The highest BCUT2D eigenvalue weighted by Gasteiger charge is 2.07. The third-order valence-electron chi connectivity index (χ3n) is 2.08. The molecule has 1 N–H and O–H groups in total. The second kappa shape index (κ2) is 4.59. The Morgan fingerprint density at radius 3 is 2.60 bits per heavy atom. The van der Waals surface area contributed by atoms with Gasteiger partial charge in [-0.15, -0.1) is 0 Å². The van der Waals surface area contributed by atoms with Crippen LogP contribution in [0.4, 0.5) is 5.69 Å². The van der Waals surface area contributed by atoms with E-state index in [4.69, 9.17) is 0 Å². The molecule has 1 aromatic carbocycles. The molecule has 4 heteroatoms. The van der Waals surface area contributed by atoms with Gasteiger partial charge in [-0.1, -0.05) is 13.8 Å². The standard InChI is InChI=1S/C9H8N2O2.C2H6/c1-6-5-10-9-3-2-7(11(12)13)4-8(6)9;1-2/h2-5,10H,1H3;1-2H3. The Bertz CT molecular complexity index is 474. The van der Waals surface area contributed by atoms with E-state index in [-0.39, 0.29) is 10.6 Å². The molecule has 15 heavy (non-hydrogen) atoms. The van der Waals surface area contributed by atoms with Crippen molar-refractivity contribution in [3.8, 4) is 0 Å². The molecule has 2 aromatic rings. The third-order valence-corrected chi connectivity index (χ3v) is 2.08. The minimum Gasteiger partial charge on any atom is -0.361 e. The number of nitro benzene ring substituents is 1. The van der Waals surface area contributed by atoms with Crippen LogP contribution in [0.2, 0.25) is 0 Å². The first-order valence-electron chi connectivity index (χ1n) is 4.90. The summed E-state index contributed by atoms with van der Waals surface area (Å²) in [7, 11) is 0. The van der Waals surface area contributed by atoms with Crippen molar-refractivity contribution in [3.05, 3.63) is 40.1 Å². The predicted molar refractivity (Wildman–Crippen MR) is 61.0 cm³/mol. The van der Waals surface area contributed by atoms with Crippen molar-refractivity contribution in [3.63, 3.8) is 0 Å². The van der Waals surface area contributed by atoms with E-state index in [2.05, 4.69) is 4.98 Å². The first kappa shape index (κ1) is 11.2. The Hall–Kier alpha value is -1.84. The van der Waals surface area contributed by atoms with Crippen molar-refractivity contribution in [1.82, 2.24) is 4.98 Å². The topological polar surface area (TPSA) is 58.9 Å². The minimum absolute atomic E-state index is 0.134. The van der Waals surface area contributed by atoms with Gasteiger partial charge in [-0.05, 0) is 18.6 Å². The molecule has 0 atom stereocenters. The summed E-state index contributed by atoms with van der Waals surface area (Å²) in [4.78, 5) is 13.1. The van der Waals surface area contributed by atoms with Gasteiger partial charge in [0.05, 0.1) is 4.92 Å². The van der Waals surface area contributed by atoms with Crippen LogP contribution < -0.4 is 0 Å². The lowest BCUT2D eigenvalue weighted by atomic mass is 10.2. The molecule has 1 heterocycles. The lowest BCUT2D eigenvalue weighted by Crippen LogP contribution is -1.86. The van der Waals surface area contributed by atoms with Crippen LogP contribution in [-0.4, -0.2) is 9.91 Å². The number of aromatic amines is 1. The molecule has 1 aromatic heterocycles. The van der Waals surface area contributed by atoms with E-state index in [1.807, 2.05) is 27.0 Å². The van der Waals surface area contributed by atoms with E-state index in [1.165, 1.54) is 6.07 Å². The third kappa shape index (κ3) is 2.15. The molecule has 0 saturated heterocycles. The van der Waals surface area contributed by atoms with Crippen LogP contribution in [-0.2, 0) is 0 Å². The van der Waals surface area contributed by atoms with Crippen LogP contribution in [0, 0.1) is 17.0 Å². The molecule has 0 saturated carbocycles. The predicted octanol–water partition coefficient (Wildman–Crippen LogP) is 3.41. The van der Waals surface area contributed by atoms with Crippen LogP contribution in [0.5, 0.6) is 0 Å². The summed E-state index contributed by atoms with van der Waals surface area (Å²) in [6.45, 7) is 5.92. The van der Waals surface area contributed by atoms with Gasteiger partial charge in [-0.25, -0.2) is 0 Å². The summed E-state index contributed by atoms with van der Waals surface area (Å²) in [6, 6.07) is 4.81. The molecule has 0 radical (unpaired) electrons. The summed E-state index contributed by atoms with van der Waals surface area (Å²) < 4.78 is 0. The second-order valence-electron chi connectivity index (χ2n) is 2.96. The van der Waals surface area contributed by atoms with Crippen molar-refractivity contribution in [2.24, 2.45) is 0 Å². The summed E-state index contributed by atoms with van der Waals surface area (Å²) in [5.74, 6) is 0. The fourth-order valence-corrected chi connectivity index (χ4v) is 1.36. The van der Waals surface area contributed by atoms with Gasteiger partial charge in [0.15, 0.2) is 0 Å². The van der Waals surface area contributed by atoms with Crippen molar-refractivity contribution >= 4 is 16.6 Å². The van der Waals surface area contributed by atoms with E-state index < -0.39 is 0 Å². The van der Waals surface area contributed by atoms with Crippen molar-refractivity contribution in [2.75, 3.05) is 0 Å². The molecule has 0 unspecified atom stereocenters. The monoisotopic (exact) mass is 206 g/mol. The van der Waals surface area contributed by atoms with Crippen molar-refractivity contribution in [1.29, 1.82) is 0 Å². The van der Waals surface area contributed by atoms with Gasteiger partial charge < -0.3 is 4.98 Å². The van der Waals surface area contributed by atoms with Crippen LogP contribution in [0.1, 0.15) is 19.4 Å². The van der Waals surface area contributed by atoms with E-state index in [1.54, 1.807) is 12.1 Å². The fourth-order valence-electron chi connectivity index (χ4n) is 1.36. The van der Waals surface area contributed by atoms with Crippen LogP contribution in [0.3, 0.4) is 0 Å². The Kier molecular flexibility index (Phi) is 3.44. The van der Waals surface area contributed by atoms with E-state index in [9.17, 15) is 10.1 Å². The van der Waals surface area contributed by atoms with Gasteiger partial charge in [0.1, 0.15) is 0 Å². The molecule has 0 aliphatic heterocycles. The molecule has 0 amide bonds. The Balaban J connectivity index is 0.000000531. The lowest BCUT2D eigenvalue weighted by Gasteiger charge is -1.92. The first-order valence-corrected chi connectivity index (χ1v) is 4.90. The maximum absolute atomic E-state index is 10.5. The summed E-state index contributed by atoms with van der Waals surface area (Å²) in [5.41, 5.74) is 2.09. The number of hydrogen-bond acceptors (Lipinski definition) is 2. The number of rotatable bonds is 1. The van der Waals surface area contributed by atoms with E-state index in [0.717, 1.165) is 16.5 Å². The van der Waals surface area contributed by atoms with Gasteiger partial charge in [-0.2, -0.15) is 0 Å². The molecule has 0 bridgehead atoms. The number of hydrogen-bond donors (Lipinski definition) is 1. The molecule has 0 aliphatic rings. The molecular weight excluding hydrogens is 192 g/mol. The van der Waals surface area contributed by atoms with Crippen molar-refractivity contribution < 1.29 is 4.92 Å². The average molecular weight is 206 g/mol. The van der Waals surface area contributed by atoms with Crippen LogP contribution >= 0.6 is 0 Å². The molecule has 0 aliphatic carbocycles. The highest BCUT2D eigenvalue weighted by atomic mass is 16.6. The first-order chi connectivity index (χ1) is 7.18. The van der Waals surface area contributed by atoms with Gasteiger partial charge in [0.2, 0.25) is 0 Å². The molecule has 80 valence electrons. The molecule has 2 rings (SSSR count). The second-order valence-corrected chi connectivity index (χ2v) is 2.96. The number of nitrogens with one attached hydrogen (secondary N) is 1. The van der Waals surface area contributed by atoms with Gasteiger partial charge in [0, 0.05) is 29.2 Å². The number of fused-ring (bicyclic) bond motifs is 1. The number of nitrogens with zero attached hydrogens (tertiary/aromatic N) is 1. The SMILES string of the molecule is CC.Cc1c[nH]c2ccc([N+](=O)[O-])cc12. The van der Waals surface area contributed by atoms with E-state index >= 15 is 0 Å². The number of benzene rings is 1. The smallest absolute Gasteiger partial charge is 0.270 e. The normalized spacial score (nSPS) is 9.53. The molecule has 0 spiro atoms. The van der Waals surface area contributed by atoms with Gasteiger partial charge in [-0.3, -0.25) is 10.1 Å². The fraction of sp³-hybridized carbons (Fsp3) is 0.273. The Morgan fingerprint density at radius 2 is 2.00 bits per heavy atom. The number of H-pyrrole nitrogens is 1. The van der Waals surface area contributed by atoms with Crippen LogP contribution in [0.15, 0.2) is 24.4 Å². The maximum atomic E-state index is 10.5. The van der Waals surface area contributed by atoms with Crippen LogP contribution in [0.25, 0.3) is 10.9 Å². The zero-order chi connectivity index (χ0) is 11.4. The Morgan fingerprint density at radius 1 is 1.33 bits per heavy atom. The summed E-state index contributed by atoms with van der Waals surface area (Å²) in [6.07, 6.45) is 1.84. The zero-order valence-corrected chi connectivity index (χ0v) is 9.07. The number of aryl methyl sites for hydroxylation is 1. The quantitative estimate of drug-likeness (QED) is 0.574. The van der Waals surface area contributed by atoms with E-state index in [0.29, 0.717) is 0 Å². The summed E-state index contributed by atoms with van der Waals surface area (Å²) >= 11 is 0. The lowest BCUT2D eigenvalue weighted by molar-refractivity contribution is -0.384. The average Bonchev–Trinajstić information content (AvgIpc) is 2.63. The van der Waals surface area contributed by atoms with Crippen molar-refractivity contribution in [2.45, 2.75) is 20.8 Å². The highest BCUT2D eigenvalue weighted by molar-refractivity contribution is 5.85. The number of non-ortho nitro benzene ring substituents is 1. The maximum Gasteiger partial charge on any atom is 0.270 e. The Labute approximate surface area is 88.1 Å². The minimum atomic E-state index is -0.383. The van der Waals surface area contributed by atoms with Gasteiger partial charge >= 0.3 is 0 Å². The molecule has 4 nitrogen and oxygen atoms in total. The summed E-state index contributed by atoms with van der Waals surface area (Å²) in [5, 5.41) is 11.4. The highest BCUT2D eigenvalue weighted by Crippen LogP contribution is 2.22. The number of nitro groups is 1. The van der Waals surface area contributed by atoms with Gasteiger partial charge in [0.25, 0.3) is 5.69 Å². The molecular formula is C11H14N2O2.